The minimum atomic E-state index is -0.664. The van der Waals surface area contributed by atoms with Gasteiger partial charge in [0.25, 0.3) is 11.5 Å². The molecule has 0 N–H and O–H groups in total. The molecule has 0 unspecified atom stereocenters. The standard InChI is InChI=1S/C18H22N4O5/c1-3-8-21-17(24)15(16(23)20-9-11-27-12-10-20)19-22(18(21)25)13-4-6-14(26-2)7-5-13/h4-7H,3,8-12H2,1-2H3. The molecule has 9 nitrogen and oxygen atoms in total. The van der Waals surface area contributed by atoms with E-state index in [1.54, 1.807) is 31.4 Å². The van der Waals surface area contributed by atoms with Gasteiger partial charge in [-0.2, -0.15) is 9.78 Å². The van der Waals surface area contributed by atoms with Crippen molar-refractivity contribution in [2.45, 2.75) is 19.9 Å². The van der Waals surface area contributed by atoms with Crippen molar-refractivity contribution in [3.63, 3.8) is 0 Å². The van der Waals surface area contributed by atoms with Crippen LogP contribution in [0.1, 0.15) is 23.8 Å². The second kappa shape index (κ2) is 8.17. The van der Waals surface area contributed by atoms with Gasteiger partial charge in [-0.05, 0) is 30.7 Å². The molecule has 2 aromatic rings. The average molecular weight is 374 g/mol. The van der Waals surface area contributed by atoms with Gasteiger partial charge in [-0.3, -0.25) is 14.2 Å². The molecule has 3 rings (SSSR count). The van der Waals surface area contributed by atoms with E-state index in [0.29, 0.717) is 44.2 Å². The van der Waals surface area contributed by atoms with Crippen molar-refractivity contribution >= 4 is 5.91 Å². The second-order valence-electron chi connectivity index (χ2n) is 6.10. The zero-order valence-electron chi connectivity index (χ0n) is 15.4. The fraction of sp³-hybridized carbons (Fsp3) is 0.444. The minimum Gasteiger partial charge on any atom is -0.497 e. The molecule has 1 aliphatic heterocycles. The number of hydrogen-bond acceptors (Lipinski definition) is 6. The average Bonchev–Trinajstić information content (AvgIpc) is 2.71. The number of morpholine rings is 1. The number of benzene rings is 1. The first kappa shape index (κ1) is 18.8. The minimum absolute atomic E-state index is 0.208. The monoisotopic (exact) mass is 374 g/mol. The highest BCUT2D eigenvalue weighted by atomic mass is 16.5. The maximum atomic E-state index is 12.8. The number of ether oxygens (including phenoxy) is 2. The highest BCUT2D eigenvalue weighted by molar-refractivity contribution is 5.91. The Balaban J connectivity index is 2.12. The van der Waals surface area contributed by atoms with Gasteiger partial charge in [-0.15, -0.1) is 0 Å². The highest BCUT2D eigenvalue weighted by Crippen LogP contribution is 2.13. The van der Waals surface area contributed by atoms with Gasteiger partial charge in [0.05, 0.1) is 26.0 Å². The van der Waals surface area contributed by atoms with Gasteiger partial charge < -0.3 is 14.4 Å². The SMILES string of the molecule is CCCn1c(=O)c(C(=O)N2CCOCC2)nn(-c2ccc(OC)cc2)c1=O. The maximum Gasteiger partial charge on any atom is 0.352 e. The highest BCUT2D eigenvalue weighted by Gasteiger charge is 2.25. The summed E-state index contributed by atoms with van der Waals surface area (Å²) in [6.45, 7) is 3.65. The molecule has 144 valence electrons. The Bertz CT molecular complexity index is 926. The first-order valence-corrected chi connectivity index (χ1v) is 8.82. The first-order valence-electron chi connectivity index (χ1n) is 8.82. The van der Waals surface area contributed by atoms with E-state index in [0.717, 1.165) is 9.25 Å². The van der Waals surface area contributed by atoms with E-state index in [1.165, 1.54) is 4.90 Å². The largest absolute Gasteiger partial charge is 0.497 e. The van der Waals surface area contributed by atoms with Crippen LogP contribution in [0.5, 0.6) is 5.75 Å². The van der Waals surface area contributed by atoms with E-state index in [9.17, 15) is 14.4 Å². The Kier molecular flexibility index (Phi) is 5.70. The number of methoxy groups -OCH3 is 1. The van der Waals surface area contributed by atoms with Crippen molar-refractivity contribution in [3.05, 3.63) is 50.8 Å². The van der Waals surface area contributed by atoms with E-state index in [4.69, 9.17) is 9.47 Å². The molecule has 1 aliphatic rings. The van der Waals surface area contributed by atoms with Crippen molar-refractivity contribution in [1.29, 1.82) is 0 Å². The normalized spacial score (nSPS) is 14.2. The number of amides is 1. The van der Waals surface area contributed by atoms with Crippen LogP contribution >= 0.6 is 0 Å². The summed E-state index contributed by atoms with van der Waals surface area (Å²) >= 11 is 0. The van der Waals surface area contributed by atoms with Crippen molar-refractivity contribution in [3.8, 4) is 11.4 Å². The number of carbonyl (C=O) groups is 1. The molecular formula is C18H22N4O5. The van der Waals surface area contributed by atoms with Crippen LogP contribution in [0.3, 0.4) is 0 Å². The van der Waals surface area contributed by atoms with Crippen LogP contribution in [0.2, 0.25) is 0 Å². The van der Waals surface area contributed by atoms with E-state index in [1.807, 2.05) is 6.92 Å². The molecule has 0 radical (unpaired) electrons. The van der Waals surface area contributed by atoms with Gasteiger partial charge >= 0.3 is 5.69 Å². The zero-order valence-corrected chi connectivity index (χ0v) is 15.4. The fourth-order valence-corrected chi connectivity index (χ4v) is 2.88. The summed E-state index contributed by atoms with van der Waals surface area (Å²) in [5, 5.41) is 4.11. The molecule has 1 amide bonds. The van der Waals surface area contributed by atoms with E-state index in [-0.39, 0.29) is 12.2 Å². The lowest BCUT2D eigenvalue weighted by molar-refractivity contribution is 0.0295. The molecule has 0 atom stereocenters. The Morgan fingerprint density at radius 1 is 1.19 bits per heavy atom. The third-order valence-corrected chi connectivity index (χ3v) is 4.32. The molecule has 1 aromatic heterocycles. The molecular weight excluding hydrogens is 352 g/mol. The number of rotatable bonds is 5. The van der Waals surface area contributed by atoms with Crippen LogP contribution in [0, 0.1) is 0 Å². The van der Waals surface area contributed by atoms with E-state index in [2.05, 4.69) is 5.10 Å². The third-order valence-electron chi connectivity index (χ3n) is 4.32. The first-order chi connectivity index (χ1) is 13.1. The summed E-state index contributed by atoms with van der Waals surface area (Å²) in [5.74, 6) is 0.133. The van der Waals surface area contributed by atoms with Crippen LogP contribution < -0.4 is 16.0 Å². The zero-order chi connectivity index (χ0) is 19.4. The number of nitrogens with zero attached hydrogens (tertiary/aromatic N) is 4. The van der Waals surface area contributed by atoms with Crippen molar-refractivity contribution in [2.75, 3.05) is 33.4 Å². The molecule has 9 heteroatoms. The summed E-state index contributed by atoms with van der Waals surface area (Å²) in [7, 11) is 1.54. The lowest BCUT2D eigenvalue weighted by atomic mass is 10.3. The van der Waals surface area contributed by atoms with Gasteiger partial charge in [0.1, 0.15) is 5.75 Å². The van der Waals surface area contributed by atoms with Gasteiger partial charge in [-0.1, -0.05) is 6.92 Å². The summed E-state index contributed by atoms with van der Waals surface area (Å²) < 4.78 is 12.5. The van der Waals surface area contributed by atoms with Crippen LogP contribution in [-0.2, 0) is 11.3 Å². The summed E-state index contributed by atoms with van der Waals surface area (Å²) in [5.41, 5.74) is -1.06. The Labute approximate surface area is 155 Å². The van der Waals surface area contributed by atoms with Crippen LogP contribution in [0.25, 0.3) is 5.69 Å². The molecule has 0 bridgehead atoms. The Morgan fingerprint density at radius 2 is 1.85 bits per heavy atom. The molecule has 0 aliphatic carbocycles. The number of aromatic nitrogens is 3. The van der Waals surface area contributed by atoms with Crippen LogP contribution in [-0.4, -0.2) is 58.6 Å². The van der Waals surface area contributed by atoms with Gasteiger partial charge in [0.15, 0.2) is 0 Å². The molecule has 1 saturated heterocycles. The number of carbonyl (C=O) groups excluding carboxylic acids is 1. The smallest absolute Gasteiger partial charge is 0.352 e. The van der Waals surface area contributed by atoms with Crippen LogP contribution in [0.4, 0.5) is 0 Å². The summed E-state index contributed by atoms with van der Waals surface area (Å²) in [6, 6.07) is 6.67. The fourth-order valence-electron chi connectivity index (χ4n) is 2.88. The van der Waals surface area contributed by atoms with Gasteiger partial charge in [-0.25, -0.2) is 4.79 Å². The second-order valence-corrected chi connectivity index (χ2v) is 6.10. The van der Waals surface area contributed by atoms with Crippen molar-refractivity contribution in [2.24, 2.45) is 0 Å². The lowest BCUT2D eigenvalue weighted by Gasteiger charge is -2.26. The summed E-state index contributed by atoms with van der Waals surface area (Å²) in [6.07, 6.45) is 0.576. The third kappa shape index (κ3) is 3.77. The quantitative estimate of drug-likeness (QED) is 0.746. The van der Waals surface area contributed by atoms with Gasteiger partial charge in [0, 0.05) is 19.6 Å². The van der Waals surface area contributed by atoms with Crippen LogP contribution in [0.15, 0.2) is 33.9 Å². The van der Waals surface area contributed by atoms with Crippen molar-refractivity contribution in [1.82, 2.24) is 19.2 Å². The molecule has 0 saturated carbocycles. The maximum absolute atomic E-state index is 12.8. The lowest BCUT2D eigenvalue weighted by Crippen LogP contribution is -2.48. The predicted octanol–water partition coefficient (Wildman–Crippen LogP) is 0.285. The van der Waals surface area contributed by atoms with Crippen molar-refractivity contribution < 1.29 is 14.3 Å². The molecule has 0 spiro atoms. The van der Waals surface area contributed by atoms with E-state index < -0.39 is 17.2 Å². The molecule has 27 heavy (non-hydrogen) atoms. The summed E-state index contributed by atoms with van der Waals surface area (Å²) in [4.78, 5) is 39.9. The molecule has 2 heterocycles. The topological polar surface area (TPSA) is 95.7 Å². The van der Waals surface area contributed by atoms with Gasteiger partial charge in [0.2, 0.25) is 5.69 Å². The van der Waals surface area contributed by atoms with E-state index >= 15 is 0 Å². The molecule has 1 fully saturated rings. The Hall–Kier alpha value is -2.94. The predicted molar refractivity (Wildman–Crippen MR) is 97.7 cm³/mol. The number of hydrogen-bond donors (Lipinski definition) is 0. The molecule has 1 aromatic carbocycles. The Morgan fingerprint density at radius 3 is 2.44 bits per heavy atom.